The number of hydrogen-bond donors (Lipinski definition) is 1. The lowest BCUT2D eigenvalue weighted by atomic mass is 9.87. The van der Waals surface area contributed by atoms with Crippen LogP contribution >= 0.6 is 0 Å². The van der Waals surface area contributed by atoms with Gasteiger partial charge >= 0.3 is 0 Å². The molecule has 0 atom stereocenters. The SMILES string of the molecule is CC(C)(C)c1ccc(OCC(=O)Nc2ccc(CC(=O)[O-])cc2)cc1. The maximum Gasteiger partial charge on any atom is 0.262 e. The third-order valence-electron chi connectivity index (χ3n) is 3.68. The summed E-state index contributed by atoms with van der Waals surface area (Å²) in [6.45, 7) is 6.30. The van der Waals surface area contributed by atoms with Crippen LogP contribution in [0, 0.1) is 0 Å². The number of carbonyl (C=O) groups excluding carboxylic acids is 2. The van der Waals surface area contributed by atoms with Crippen molar-refractivity contribution in [3.8, 4) is 5.75 Å². The molecule has 2 aromatic carbocycles. The number of rotatable bonds is 6. The highest BCUT2D eigenvalue weighted by atomic mass is 16.5. The average molecular weight is 340 g/mol. The zero-order valence-corrected chi connectivity index (χ0v) is 14.7. The van der Waals surface area contributed by atoms with E-state index in [2.05, 4.69) is 26.1 Å². The van der Waals surface area contributed by atoms with Crippen molar-refractivity contribution in [1.82, 2.24) is 0 Å². The van der Waals surface area contributed by atoms with Crippen molar-refractivity contribution >= 4 is 17.6 Å². The molecule has 5 heteroatoms. The molecule has 2 aromatic rings. The Bertz CT molecular complexity index is 728. The molecular weight excluding hydrogens is 318 g/mol. The van der Waals surface area contributed by atoms with Crippen LogP contribution in [0.2, 0.25) is 0 Å². The molecule has 0 radical (unpaired) electrons. The van der Waals surface area contributed by atoms with Crippen molar-refractivity contribution in [2.24, 2.45) is 0 Å². The fourth-order valence-corrected chi connectivity index (χ4v) is 2.27. The lowest BCUT2D eigenvalue weighted by molar-refractivity contribution is -0.304. The van der Waals surface area contributed by atoms with Crippen LogP contribution < -0.4 is 15.2 Å². The molecule has 0 spiro atoms. The van der Waals surface area contributed by atoms with E-state index >= 15 is 0 Å². The lowest BCUT2D eigenvalue weighted by Crippen LogP contribution is -2.24. The van der Waals surface area contributed by atoms with E-state index in [0.29, 0.717) is 17.0 Å². The summed E-state index contributed by atoms with van der Waals surface area (Å²) in [7, 11) is 0. The summed E-state index contributed by atoms with van der Waals surface area (Å²) in [5.74, 6) is -0.789. The molecule has 0 bridgehead atoms. The molecule has 2 rings (SSSR count). The fraction of sp³-hybridized carbons (Fsp3) is 0.300. The molecule has 0 heterocycles. The van der Waals surface area contributed by atoms with Crippen LogP contribution in [0.5, 0.6) is 5.75 Å². The number of hydrogen-bond acceptors (Lipinski definition) is 4. The minimum Gasteiger partial charge on any atom is -0.550 e. The minimum absolute atomic E-state index is 0.0682. The summed E-state index contributed by atoms with van der Waals surface area (Å²) in [5, 5.41) is 13.2. The van der Waals surface area contributed by atoms with Crippen LogP contribution in [0.4, 0.5) is 5.69 Å². The standard InChI is InChI=1S/C20H23NO4/c1-20(2,3)15-6-10-17(11-7-15)25-13-18(22)21-16-8-4-14(5-9-16)12-19(23)24/h4-11H,12-13H2,1-3H3,(H,21,22)(H,23,24)/p-1. The van der Waals surface area contributed by atoms with Crippen molar-refractivity contribution in [2.75, 3.05) is 11.9 Å². The minimum atomic E-state index is -1.14. The predicted molar refractivity (Wildman–Crippen MR) is 94.4 cm³/mol. The van der Waals surface area contributed by atoms with Gasteiger partial charge in [-0.05, 0) is 40.8 Å². The van der Waals surface area contributed by atoms with Gasteiger partial charge in [-0.15, -0.1) is 0 Å². The lowest BCUT2D eigenvalue weighted by Gasteiger charge is -2.19. The van der Waals surface area contributed by atoms with E-state index in [1.807, 2.05) is 24.3 Å². The maximum atomic E-state index is 11.9. The highest BCUT2D eigenvalue weighted by Crippen LogP contribution is 2.24. The van der Waals surface area contributed by atoms with Crippen LogP contribution in [-0.4, -0.2) is 18.5 Å². The fourth-order valence-electron chi connectivity index (χ4n) is 2.27. The van der Waals surface area contributed by atoms with Crippen LogP contribution in [0.1, 0.15) is 31.9 Å². The van der Waals surface area contributed by atoms with Gasteiger partial charge in [-0.3, -0.25) is 4.79 Å². The number of ether oxygens (including phenoxy) is 1. The van der Waals surface area contributed by atoms with E-state index in [9.17, 15) is 14.7 Å². The summed E-state index contributed by atoms with van der Waals surface area (Å²) in [6, 6.07) is 14.2. The van der Waals surface area contributed by atoms with Crippen molar-refractivity contribution in [3.63, 3.8) is 0 Å². The topological polar surface area (TPSA) is 78.5 Å². The van der Waals surface area contributed by atoms with Gasteiger partial charge in [0.1, 0.15) is 5.75 Å². The van der Waals surface area contributed by atoms with E-state index in [0.717, 1.165) is 0 Å². The van der Waals surface area contributed by atoms with Gasteiger partial charge in [-0.1, -0.05) is 45.0 Å². The highest BCUT2D eigenvalue weighted by molar-refractivity contribution is 5.91. The Kier molecular flexibility index (Phi) is 5.80. The van der Waals surface area contributed by atoms with Crippen LogP contribution in [0.15, 0.2) is 48.5 Å². The van der Waals surface area contributed by atoms with Crippen LogP contribution in [0.3, 0.4) is 0 Å². The molecule has 0 aliphatic heterocycles. The second kappa shape index (κ2) is 7.83. The van der Waals surface area contributed by atoms with E-state index in [-0.39, 0.29) is 24.3 Å². The number of benzene rings is 2. The Morgan fingerprint density at radius 1 is 1.00 bits per heavy atom. The van der Waals surface area contributed by atoms with E-state index in [4.69, 9.17) is 4.74 Å². The van der Waals surface area contributed by atoms with Gasteiger partial charge in [0, 0.05) is 18.1 Å². The highest BCUT2D eigenvalue weighted by Gasteiger charge is 2.13. The number of carbonyl (C=O) groups is 2. The van der Waals surface area contributed by atoms with Crippen LogP contribution in [0.25, 0.3) is 0 Å². The van der Waals surface area contributed by atoms with Crippen molar-refractivity contribution < 1.29 is 19.4 Å². The summed E-state index contributed by atoms with van der Waals surface area (Å²) in [4.78, 5) is 22.5. The average Bonchev–Trinajstić information content (AvgIpc) is 2.54. The molecule has 0 saturated heterocycles. The number of carboxylic acids is 1. The normalized spacial score (nSPS) is 11.0. The molecule has 5 nitrogen and oxygen atoms in total. The van der Waals surface area contributed by atoms with Crippen molar-refractivity contribution in [1.29, 1.82) is 0 Å². The summed E-state index contributed by atoms with van der Waals surface area (Å²) in [5.41, 5.74) is 2.46. The Labute approximate surface area is 147 Å². The number of nitrogens with one attached hydrogen (secondary N) is 1. The zero-order chi connectivity index (χ0) is 18.4. The number of anilines is 1. The van der Waals surface area contributed by atoms with Gasteiger partial charge in [0.2, 0.25) is 0 Å². The Balaban J connectivity index is 1.85. The first-order valence-corrected chi connectivity index (χ1v) is 8.06. The van der Waals surface area contributed by atoms with Crippen molar-refractivity contribution in [2.45, 2.75) is 32.6 Å². The second-order valence-corrected chi connectivity index (χ2v) is 6.86. The molecule has 0 aliphatic carbocycles. The smallest absolute Gasteiger partial charge is 0.262 e. The predicted octanol–water partition coefficient (Wildman–Crippen LogP) is 2.29. The largest absolute Gasteiger partial charge is 0.550 e. The third-order valence-corrected chi connectivity index (χ3v) is 3.68. The van der Waals surface area contributed by atoms with Gasteiger partial charge in [-0.25, -0.2) is 0 Å². The quantitative estimate of drug-likeness (QED) is 0.875. The Morgan fingerprint density at radius 3 is 2.12 bits per heavy atom. The molecule has 0 unspecified atom stereocenters. The number of amides is 1. The molecule has 0 aliphatic rings. The molecule has 1 amide bonds. The monoisotopic (exact) mass is 340 g/mol. The first-order chi connectivity index (χ1) is 11.7. The third kappa shape index (κ3) is 5.95. The van der Waals surface area contributed by atoms with Gasteiger partial charge in [0.25, 0.3) is 5.91 Å². The molecule has 0 saturated carbocycles. The van der Waals surface area contributed by atoms with Crippen molar-refractivity contribution in [3.05, 3.63) is 59.7 Å². The summed E-state index contributed by atoms with van der Waals surface area (Å²) < 4.78 is 5.49. The van der Waals surface area contributed by atoms with Gasteiger partial charge in [0.05, 0.1) is 0 Å². The summed E-state index contributed by atoms with van der Waals surface area (Å²) in [6.07, 6.45) is -0.151. The molecule has 1 N–H and O–H groups in total. The summed E-state index contributed by atoms with van der Waals surface area (Å²) >= 11 is 0. The molecule has 0 aromatic heterocycles. The molecule has 132 valence electrons. The maximum absolute atomic E-state index is 11.9. The Morgan fingerprint density at radius 2 is 1.60 bits per heavy atom. The first kappa shape index (κ1) is 18.5. The second-order valence-electron chi connectivity index (χ2n) is 6.86. The van der Waals surface area contributed by atoms with Gasteiger partial charge in [-0.2, -0.15) is 0 Å². The zero-order valence-electron chi connectivity index (χ0n) is 14.7. The molecule has 25 heavy (non-hydrogen) atoms. The Hall–Kier alpha value is -2.82. The molecular formula is C20H22NO4-. The number of carboxylic acid groups (broad SMARTS) is 1. The molecule has 0 fully saturated rings. The van der Waals surface area contributed by atoms with Gasteiger partial charge in [0.15, 0.2) is 6.61 Å². The van der Waals surface area contributed by atoms with E-state index in [1.165, 1.54) is 5.56 Å². The van der Waals surface area contributed by atoms with Crippen LogP contribution in [-0.2, 0) is 21.4 Å². The van der Waals surface area contributed by atoms with Gasteiger partial charge < -0.3 is 20.0 Å². The first-order valence-electron chi connectivity index (χ1n) is 8.06. The number of aliphatic carboxylic acids is 1. The van der Waals surface area contributed by atoms with E-state index < -0.39 is 5.97 Å². The van der Waals surface area contributed by atoms with E-state index in [1.54, 1.807) is 24.3 Å².